The Balaban J connectivity index is 1.25. The van der Waals surface area contributed by atoms with Crippen molar-refractivity contribution in [1.82, 2.24) is 25.2 Å². The molecule has 2 amide bonds. The highest BCUT2D eigenvalue weighted by Crippen LogP contribution is 2.25. The maximum Gasteiger partial charge on any atom is 0.251 e. The van der Waals surface area contributed by atoms with Crippen LogP contribution in [-0.2, 0) is 11.3 Å². The van der Waals surface area contributed by atoms with Crippen molar-refractivity contribution >= 4 is 28.8 Å². The highest BCUT2D eigenvalue weighted by atomic mass is 16.2. The normalized spacial score (nSPS) is 18.8. The number of carbonyl (C=O) groups excluding carboxylic acids is 2. The summed E-state index contributed by atoms with van der Waals surface area (Å²) in [7, 11) is 0. The molecule has 8 nitrogen and oxygen atoms in total. The zero-order valence-corrected chi connectivity index (χ0v) is 18.1. The Morgan fingerprint density at radius 2 is 1.81 bits per heavy atom. The number of carbonyl (C=O) groups is 2. The molecule has 0 radical (unpaired) electrons. The maximum atomic E-state index is 12.8. The number of pyridine rings is 1. The smallest absolute Gasteiger partial charge is 0.251 e. The van der Waals surface area contributed by atoms with E-state index in [0.717, 1.165) is 56.7 Å². The first kappa shape index (κ1) is 20.5. The lowest BCUT2D eigenvalue weighted by Crippen LogP contribution is -2.44. The van der Waals surface area contributed by atoms with Crippen LogP contribution in [0.4, 0.5) is 5.82 Å². The van der Waals surface area contributed by atoms with Gasteiger partial charge in [-0.1, -0.05) is 18.2 Å². The molecule has 0 bridgehead atoms. The Bertz CT molecular complexity index is 1110. The zero-order valence-electron chi connectivity index (χ0n) is 18.1. The number of nitrogens with zero attached hydrogens (tertiary/aromatic N) is 4. The minimum Gasteiger partial charge on any atom is -0.356 e. The molecule has 0 aliphatic carbocycles. The lowest BCUT2D eigenvalue weighted by Gasteiger charge is -2.34. The Hall–Kier alpha value is -3.42. The van der Waals surface area contributed by atoms with Gasteiger partial charge in [-0.3, -0.25) is 9.59 Å². The summed E-state index contributed by atoms with van der Waals surface area (Å²) in [5.41, 5.74) is 2.08. The molecular formula is C24H28N6O2. The summed E-state index contributed by atoms with van der Waals surface area (Å²) in [6, 6.07) is 13.1. The Labute approximate surface area is 187 Å². The van der Waals surface area contributed by atoms with Crippen LogP contribution in [0.2, 0.25) is 0 Å². The number of aromatic nitrogens is 3. The topological polar surface area (TPSA) is 94.2 Å². The molecule has 3 aromatic rings. The van der Waals surface area contributed by atoms with Gasteiger partial charge in [-0.25, -0.2) is 9.97 Å². The average molecular weight is 433 g/mol. The number of rotatable bonds is 5. The third kappa shape index (κ3) is 4.30. The van der Waals surface area contributed by atoms with Crippen molar-refractivity contribution in [3.8, 4) is 0 Å². The first-order valence-electron chi connectivity index (χ1n) is 11.4. The van der Waals surface area contributed by atoms with E-state index in [1.165, 1.54) is 0 Å². The predicted molar refractivity (Wildman–Crippen MR) is 122 cm³/mol. The highest BCUT2D eigenvalue weighted by molar-refractivity contribution is 5.94. The van der Waals surface area contributed by atoms with Crippen molar-refractivity contribution in [2.45, 2.75) is 32.2 Å². The summed E-state index contributed by atoms with van der Waals surface area (Å²) in [6.07, 6.45) is 4.17. The standard InChI is InChI=1S/C24H28N6O2/c31-23(17-7-2-1-3-8-17)25-15-20-26-19-10-11-21(28-22(19)27-20)30-14-6-9-18(16-30)24(32)29-12-4-5-13-29/h1-3,7-8,10-11,18H,4-6,9,12-16H2,(H,25,31)(H,26,27,28). The fourth-order valence-corrected chi connectivity index (χ4v) is 4.63. The maximum absolute atomic E-state index is 12.8. The average Bonchev–Trinajstić information content (AvgIpc) is 3.52. The van der Waals surface area contributed by atoms with Crippen molar-refractivity contribution in [3.05, 3.63) is 53.9 Å². The number of nitrogens with one attached hydrogen (secondary N) is 2. The van der Waals surface area contributed by atoms with Gasteiger partial charge in [0, 0.05) is 31.7 Å². The van der Waals surface area contributed by atoms with Crippen LogP contribution in [0.25, 0.3) is 11.2 Å². The van der Waals surface area contributed by atoms with E-state index in [4.69, 9.17) is 4.98 Å². The van der Waals surface area contributed by atoms with E-state index in [1.807, 2.05) is 35.2 Å². The van der Waals surface area contributed by atoms with Crippen LogP contribution in [0, 0.1) is 5.92 Å². The number of amides is 2. The Morgan fingerprint density at radius 3 is 2.62 bits per heavy atom. The number of piperidine rings is 1. The molecule has 32 heavy (non-hydrogen) atoms. The van der Waals surface area contributed by atoms with Crippen molar-refractivity contribution in [1.29, 1.82) is 0 Å². The molecule has 4 heterocycles. The summed E-state index contributed by atoms with van der Waals surface area (Å²) in [6.45, 7) is 3.70. The molecular weight excluding hydrogens is 404 g/mol. The van der Waals surface area contributed by atoms with E-state index in [1.54, 1.807) is 12.1 Å². The van der Waals surface area contributed by atoms with Crippen LogP contribution < -0.4 is 10.2 Å². The minimum atomic E-state index is -0.137. The Morgan fingerprint density at radius 1 is 1.00 bits per heavy atom. The molecule has 2 saturated heterocycles. The molecule has 166 valence electrons. The second-order valence-electron chi connectivity index (χ2n) is 8.59. The van der Waals surface area contributed by atoms with Crippen molar-refractivity contribution < 1.29 is 9.59 Å². The molecule has 2 aliphatic heterocycles. The molecule has 1 aromatic carbocycles. The first-order valence-corrected chi connectivity index (χ1v) is 11.4. The van der Waals surface area contributed by atoms with E-state index in [9.17, 15) is 9.59 Å². The van der Waals surface area contributed by atoms with Crippen molar-refractivity contribution in [2.24, 2.45) is 5.92 Å². The van der Waals surface area contributed by atoms with Crippen LogP contribution in [0.5, 0.6) is 0 Å². The molecule has 2 fully saturated rings. The summed E-state index contributed by atoms with van der Waals surface area (Å²) >= 11 is 0. The van der Waals surface area contributed by atoms with E-state index < -0.39 is 0 Å². The molecule has 0 saturated carbocycles. The van der Waals surface area contributed by atoms with Crippen LogP contribution in [-0.4, -0.2) is 57.8 Å². The zero-order chi connectivity index (χ0) is 21.9. The largest absolute Gasteiger partial charge is 0.356 e. The summed E-state index contributed by atoms with van der Waals surface area (Å²) in [4.78, 5) is 41.9. The van der Waals surface area contributed by atoms with E-state index >= 15 is 0 Å². The Kier molecular flexibility index (Phi) is 5.75. The quantitative estimate of drug-likeness (QED) is 0.647. The summed E-state index contributed by atoms with van der Waals surface area (Å²) in [5.74, 6) is 1.71. The first-order chi connectivity index (χ1) is 15.7. The van der Waals surface area contributed by atoms with Gasteiger partial charge in [0.05, 0.1) is 18.0 Å². The van der Waals surface area contributed by atoms with E-state index in [-0.39, 0.29) is 11.8 Å². The van der Waals surface area contributed by atoms with Gasteiger partial charge in [0.25, 0.3) is 5.91 Å². The number of H-pyrrole nitrogens is 1. The molecule has 5 rings (SSSR count). The van der Waals surface area contributed by atoms with Gasteiger partial charge >= 0.3 is 0 Å². The minimum absolute atomic E-state index is 0.0438. The molecule has 0 spiro atoms. The van der Waals surface area contributed by atoms with Gasteiger partial charge in [-0.15, -0.1) is 0 Å². The van der Waals surface area contributed by atoms with Gasteiger partial charge in [0.15, 0.2) is 5.65 Å². The predicted octanol–water partition coefficient (Wildman–Crippen LogP) is 2.73. The monoisotopic (exact) mass is 432 g/mol. The van der Waals surface area contributed by atoms with Crippen LogP contribution in [0.1, 0.15) is 41.9 Å². The van der Waals surface area contributed by atoms with E-state index in [0.29, 0.717) is 36.0 Å². The van der Waals surface area contributed by atoms with E-state index in [2.05, 4.69) is 20.2 Å². The van der Waals surface area contributed by atoms with Crippen LogP contribution >= 0.6 is 0 Å². The molecule has 2 N–H and O–H groups in total. The number of anilines is 1. The fourth-order valence-electron chi connectivity index (χ4n) is 4.63. The summed E-state index contributed by atoms with van der Waals surface area (Å²) in [5, 5.41) is 2.89. The van der Waals surface area contributed by atoms with Crippen molar-refractivity contribution in [3.63, 3.8) is 0 Å². The van der Waals surface area contributed by atoms with Gasteiger partial charge in [0.1, 0.15) is 11.6 Å². The second-order valence-corrected chi connectivity index (χ2v) is 8.59. The highest BCUT2D eigenvalue weighted by Gasteiger charge is 2.31. The number of hydrogen-bond acceptors (Lipinski definition) is 5. The molecule has 1 unspecified atom stereocenters. The molecule has 2 aromatic heterocycles. The van der Waals surface area contributed by atoms with Crippen molar-refractivity contribution in [2.75, 3.05) is 31.1 Å². The van der Waals surface area contributed by atoms with Crippen LogP contribution in [0.3, 0.4) is 0 Å². The second kappa shape index (κ2) is 8.98. The van der Waals surface area contributed by atoms with Gasteiger partial charge in [-0.2, -0.15) is 0 Å². The third-order valence-electron chi connectivity index (χ3n) is 6.34. The molecule has 1 atom stereocenters. The fraction of sp³-hybridized carbons (Fsp3) is 0.417. The number of likely N-dealkylation sites (tertiary alicyclic amines) is 1. The lowest BCUT2D eigenvalue weighted by atomic mass is 9.96. The molecule has 2 aliphatic rings. The SMILES string of the molecule is O=C(NCc1nc2nc(N3CCCC(C(=O)N4CCCC4)C3)ccc2[nH]1)c1ccccc1. The number of hydrogen-bond donors (Lipinski definition) is 2. The number of imidazole rings is 1. The number of aromatic amines is 1. The van der Waals surface area contributed by atoms with Gasteiger partial charge < -0.3 is 20.1 Å². The van der Waals surface area contributed by atoms with Gasteiger partial charge in [-0.05, 0) is 49.9 Å². The third-order valence-corrected chi connectivity index (χ3v) is 6.34. The molecule has 8 heteroatoms. The van der Waals surface area contributed by atoms with Gasteiger partial charge in [0.2, 0.25) is 5.91 Å². The number of fused-ring (bicyclic) bond motifs is 1. The van der Waals surface area contributed by atoms with Crippen LogP contribution in [0.15, 0.2) is 42.5 Å². The lowest BCUT2D eigenvalue weighted by molar-refractivity contribution is -0.134. The summed E-state index contributed by atoms with van der Waals surface area (Å²) < 4.78 is 0. The number of benzene rings is 1.